The Morgan fingerprint density at radius 1 is 1.60 bits per heavy atom. The van der Waals surface area contributed by atoms with Gasteiger partial charge in [0, 0.05) is 42.3 Å². The first-order chi connectivity index (χ1) is 4.49. The van der Waals surface area contributed by atoms with Gasteiger partial charge in [-0.15, -0.1) is 0 Å². The van der Waals surface area contributed by atoms with E-state index in [1.807, 2.05) is 10.2 Å². The first-order valence-electron chi connectivity index (χ1n) is 3.24. The smallest absolute Gasteiger partial charge is 0.248 e. The van der Waals surface area contributed by atoms with Crippen LogP contribution in [0.2, 0.25) is 0 Å². The second-order valence-electron chi connectivity index (χ2n) is 2.92. The maximum atomic E-state index is 12.2. The predicted octanol–water partition coefficient (Wildman–Crippen LogP) is 2.31. The van der Waals surface area contributed by atoms with Crippen LogP contribution < -0.4 is 0 Å². The minimum Gasteiger partial charge on any atom is -0.250 e. The largest absolute Gasteiger partial charge is 0.250 e. The molecule has 0 aromatic rings. The van der Waals surface area contributed by atoms with Crippen molar-refractivity contribution in [2.24, 2.45) is 5.92 Å². The number of rotatable bonds is 2. The summed E-state index contributed by atoms with van der Waals surface area (Å²) in [6, 6.07) is 0. The molecule has 60 valence electrons. The Hall–Kier alpha value is 0.550. The highest BCUT2D eigenvalue weighted by Crippen LogP contribution is 2.42. The Morgan fingerprint density at radius 3 is 2.40 bits per heavy atom. The molecular formula is C6H10F2IN. The molecule has 0 unspecified atom stereocenters. The van der Waals surface area contributed by atoms with Crippen molar-refractivity contribution in [2.75, 3.05) is 13.6 Å². The molecule has 0 aromatic carbocycles. The van der Waals surface area contributed by atoms with E-state index < -0.39 is 5.92 Å². The monoisotopic (exact) mass is 261 g/mol. The molecule has 4 heteroatoms. The van der Waals surface area contributed by atoms with Gasteiger partial charge in [-0.2, -0.15) is 0 Å². The predicted molar refractivity (Wildman–Crippen MR) is 44.3 cm³/mol. The fourth-order valence-electron chi connectivity index (χ4n) is 1.27. The Kier molecular flexibility index (Phi) is 2.50. The van der Waals surface area contributed by atoms with Crippen molar-refractivity contribution in [1.82, 2.24) is 3.11 Å². The second kappa shape index (κ2) is 2.89. The van der Waals surface area contributed by atoms with Gasteiger partial charge in [0.05, 0.1) is 0 Å². The van der Waals surface area contributed by atoms with Crippen molar-refractivity contribution in [1.29, 1.82) is 0 Å². The molecule has 10 heavy (non-hydrogen) atoms. The third-order valence-corrected chi connectivity index (χ3v) is 2.08. The molecule has 1 aliphatic rings. The SMILES string of the molecule is CN(I)CC1CC(F)(F)C1. The van der Waals surface area contributed by atoms with Crippen molar-refractivity contribution in [3.63, 3.8) is 0 Å². The molecule has 0 spiro atoms. The van der Waals surface area contributed by atoms with Crippen LogP contribution in [0.4, 0.5) is 8.78 Å². The van der Waals surface area contributed by atoms with Gasteiger partial charge in [-0.3, -0.25) is 3.11 Å². The number of nitrogens with zero attached hydrogens (tertiary/aromatic N) is 1. The molecule has 1 fully saturated rings. The Balaban J connectivity index is 2.15. The lowest BCUT2D eigenvalue weighted by atomic mass is 9.81. The minimum atomic E-state index is -2.35. The van der Waals surface area contributed by atoms with E-state index in [4.69, 9.17) is 0 Å². The highest BCUT2D eigenvalue weighted by molar-refractivity contribution is 14.1. The summed E-state index contributed by atoms with van der Waals surface area (Å²) in [4.78, 5) is 0. The Bertz CT molecular complexity index is 116. The quantitative estimate of drug-likeness (QED) is 0.544. The third-order valence-electron chi connectivity index (χ3n) is 1.68. The van der Waals surface area contributed by atoms with Crippen LogP contribution in [-0.4, -0.2) is 22.6 Å². The van der Waals surface area contributed by atoms with Gasteiger partial charge in [0.1, 0.15) is 0 Å². The average Bonchev–Trinajstić information content (AvgIpc) is 1.57. The van der Waals surface area contributed by atoms with Gasteiger partial charge in [0.15, 0.2) is 0 Å². The maximum Gasteiger partial charge on any atom is 0.248 e. The number of hydrogen-bond acceptors (Lipinski definition) is 1. The fraction of sp³-hybridized carbons (Fsp3) is 1.00. The van der Waals surface area contributed by atoms with Gasteiger partial charge in [-0.1, -0.05) is 0 Å². The standard InChI is InChI=1S/C6H10F2IN/c1-10(9)4-5-2-6(7,8)3-5/h5H,2-4H2,1H3. The van der Waals surface area contributed by atoms with Gasteiger partial charge >= 0.3 is 0 Å². The van der Waals surface area contributed by atoms with E-state index in [1.54, 1.807) is 0 Å². The van der Waals surface area contributed by atoms with Crippen LogP contribution >= 0.6 is 22.9 Å². The summed E-state index contributed by atoms with van der Waals surface area (Å²) < 4.78 is 26.4. The molecule has 0 aromatic heterocycles. The van der Waals surface area contributed by atoms with Crippen LogP contribution in [0, 0.1) is 5.92 Å². The summed E-state index contributed by atoms with van der Waals surface area (Å²) in [5.41, 5.74) is 0. The van der Waals surface area contributed by atoms with E-state index in [0.717, 1.165) is 6.54 Å². The molecule has 0 aliphatic heterocycles. The van der Waals surface area contributed by atoms with Crippen LogP contribution in [0.1, 0.15) is 12.8 Å². The van der Waals surface area contributed by atoms with Crippen molar-refractivity contribution in [3.8, 4) is 0 Å². The first kappa shape index (κ1) is 8.64. The van der Waals surface area contributed by atoms with Gasteiger partial charge in [-0.05, 0) is 13.0 Å². The highest BCUT2D eigenvalue weighted by atomic mass is 127. The molecular weight excluding hydrogens is 251 g/mol. The van der Waals surface area contributed by atoms with Gasteiger partial charge < -0.3 is 0 Å². The summed E-state index contributed by atoms with van der Waals surface area (Å²) in [5, 5.41) is 0. The lowest BCUT2D eigenvalue weighted by Gasteiger charge is -2.35. The zero-order valence-corrected chi connectivity index (χ0v) is 7.94. The first-order valence-corrected chi connectivity index (χ1v) is 4.21. The molecule has 0 radical (unpaired) electrons. The second-order valence-corrected chi connectivity index (χ2v) is 4.56. The molecule has 0 amide bonds. The van der Waals surface area contributed by atoms with Crippen LogP contribution in [-0.2, 0) is 0 Å². The Morgan fingerprint density at radius 2 is 2.10 bits per heavy atom. The molecule has 0 saturated heterocycles. The van der Waals surface area contributed by atoms with E-state index in [-0.39, 0.29) is 18.8 Å². The highest BCUT2D eigenvalue weighted by Gasteiger charge is 2.45. The zero-order chi connectivity index (χ0) is 7.78. The molecule has 0 atom stereocenters. The molecule has 0 N–H and O–H groups in total. The van der Waals surface area contributed by atoms with E-state index in [2.05, 4.69) is 22.9 Å². The summed E-state index contributed by atoms with van der Waals surface area (Å²) in [6.07, 6.45) is 0.167. The van der Waals surface area contributed by atoms with Crippen molar-refractivity contribution < 1.29 is 8.78 Å². The molecule has 0 heterocycles. The molecule has 1 aliphatic carbocycles. The lowest BCUT2D eigenvalue weighted by molar-refractivity contribution is -0.111. The van der Waals surface area contributed by atoms with Crippen LogP contribution in [0.5, 0.6) is 0 Å². The normalized spacial score (nSPS) is 24.9. The van der Waals surface area contributed by atoms with E-state index in [1.165, 1.54) is 0 Å². The third kappa shape index (κ3) is 2.30. The van der Waals surface area contributed by atoms with E-state index in [0.29, 0.717) is 0 Å². The Labute approximate surface area is 73.3 Å². The lowest BCUT2D eigenvalue weighted by Crippen LogP contribution is -2.39. The number of hydrogen-bond donors (Lipinski definition) is 0. The van der Waals surface area contributed by atoms with Crippen LogP contribution in [0.15, 0.2) is 0 Å². The van der Waals surface area contributed by atoms with Gasteiger partial charge in [0.2, 0.25) is 5.92 Å². The van der Waals surface area contributed by atoms with Crippen molar-refractivity contribution >= 4 is 22.9 Å². The summed E-state index contributed by atoms with van der Waals surface area (Å²) >= 11 is 2.12. The summed E-state index contributed by atoms with van der Waals surface area (Å²) in [5.74, 6) is -2.13. The fourth-order valence-corrected chi connectivity index (χ4v) is 1.83. The topological polar surface area (TPSA) is 3.24 Å². The van der Waals surface area contributed by atoms with E-state index in [9.17, 15) is 8.78 Å². The molecule has 1 saturated carbocycles. The van der Waals surface area contributed by atoms with E-state index >= 15 is 0 Å². The zero-order valence-electron chi connectivity index (χ0n) is 5.78. The van der Waals surface area contributed by atoms with Gasteiger partial charge in [0.25, 0.3) is 0 Å². The molecule has 1 nitrogen and oxygen atoms in total. The number of alkyl halides is 2. The molecule has 0 bridgehead atoms. The molecule has 1 rings (SSSR count). The van der Waals surface area contributed by atoms with Gasteiger partial charge in [-0.25, -0.2) is 8.78 Å². The minimum absolute atomic E-state index is 0.0837. The van der Waals surface area contributed by atoms with Crippen molar-refractivity contribution in [3.05, 3.63) is 0 Å². The number of halogens is 3. The van der Waals surface area contributed by atoms with Crippen molar-refractivity contribution in [2.45, 2.75) is 18.8 Å². The summed E-state index contributed by atoms with van der Waals surface area (Å²) in [7, 11) is 1.90. The average molecular weight is 261 g/mol. The van der Waals surface area contributed by atoms with Crippen LogP contribution in [0.25, 0.3) is 0 Å². The summed E-state index contributed by atoms with van der Waals surface area (Å²) in [6.45, 7) is 0.788. The van der Waals surface area contributed by atoms with Crippen LogP contribution in [0.3, 0.4) is 0 Å². The maximum absolute atomic E-state index is 12.2.